The summed E-state index contributed by atoms with van der Waals surface area (Å²) < 4.78 is 40.9. The van der Waals surface area contributed by atoms with Gasteiger partial charge in [0.05, 0.1) is 19.5 Å². The Morgan fingerprint density at radius 2 is 2.10 bits per heavy atom. The first kappa shape index (κ1) is 31.0. The van der Waals surface area contributed by atoms with Gasteiger partial charge >= 0.3 is 14.5 Å². The molecule has 0 aromatic carbocycles. The van der Waals surface area contributed by atoms with Gasteiger partial charge in [-0.3, -0.25) is 23.4 Å². The van der Waals surface area contributed by atoms with Crippen LogP contribution >= 0.6 is 14.5 Å². The molecule has 230 valence electrons. The molecule has 0 bridgehead atoms. The number of phosphoric acid groups is 1. The van der Waals surface area contributed by atoms with E-state index >= 15 is 0 Å². The first-order chi connectivity index (χ1) is 19.9. The number of fused-ring (bicyclic) bond motifs is 1. The monoisotopic (exact) mass is 648 g/mol. The van der Waals surface area contributed by atoms with Crippen LogP contribution in [-0.2, 0) is 39.2 Å². The van der Waals surface area contributed by atoms with Crippen molar-refractivity contribution in [3.63, 3.8) is 0 Å². The van der Waals surface area contributed by atoms with Crippen LogP contribution in [0.15, 0.2) is 29.7 Å². The first-order valence-corrected chi connectivity index (χ1v) is 16.8. The van der Waals surface area contributed by atoms with Crippen molar-refractivity contribution in [1.82, 2.24) is 29.5 Å². The molecule has 1 aliphatic carbocycles. The summed E-state index contributed by atoms with van der Waals surface area (Å²) in [5.74, 6) is 0.417. The minimum absolute atomic E-state index is 0.0327. The molecule has 1 saturated heterocycles. The standard InChI is InChI=1S/C21H30N8O10P2S/c1-35-41(34,42)37-8-13-16(30)17(20(38-13)29-10-25-15-18(29)27-21(22)28-19(15)31)39-40(32,33)36-7-11-2-3-12(6-11)26-14-4-5-23-9-24-14/h4-5,9-13,16-17,20,30H,2-3,6-8H2,1H3,(H,32,33)(H,34,42)(H,23,24,26)(H3,22,27,28,31)/t11-,12+,13-,16-,17-,20-,41?/m1/s1. The summed E-state index contributed by atoms with van der Waals surface area (Å²) in [6.07, 6.45) is 0.756. The zero-order valence-electron chi connectivity index (χ0n) is 22.1. The van der Waals surface area contributed by atoms with E-state index in [9.17, 15) is 24.3 Å². The summed E-state index contributed by atoms with van der Waals surface area (Å²) in [7, 11) is -3.62. The summed E-state index contributed by atoms with van der Waals surface area (Å²) in [6, 6.07) is 1.84. The summed E-state index contributed by atoms with van der Waals surface area (Å²) >= 11 is 4.83. The van der Waals surface area contributed by atoms with Gasteiger partial charge in [-0.2, -0.15) is 4.98 Å². The van der Waals surface area contributed by atoms with Crippen molar-refractivity contribution in [3.8, 4) is 0 Å². The Morgan fingerprint density at radius 3 is 2.83 bits per heavy atom. The van der Waals surface area contributed by atoms with Crippen LogP contribution in [0.1, 0.15) is 25.5 Å². The second-order valence-corrected chi connectivity index (χ2v) is 14.1. The van der Waals surface area contributed by atoms with Crippen LogP contribution in [0.3, 0.4) is 0 Å². The Hall–Kier alpha value is -2.41. The predicted octanol–water partition coefficient (Wildman–Crippen LogP) is 0.413. The number of ether oxygens (including phenoxy) is 1. The normalized spacial score (nSPS) is 29.0. The molecule has 3 aromatic rings. The average Bonchev–Trinajstić information content (AvgIpc) is 3.65. The summed E-state index contributed by atoms with van der Waals surface area (Å²) in [5, 5.41) is 14.4. The fourth-order valence-corrected chi connectivity index (χ4v) is 6.49. The van der Waals surface area contributed by atoms with E-state index in [1.54, 1.807) is 12.3 Å². The van der Waals surface area contributed by atoms with Gasteiger partial charge in [0, 0.05) is 19.3 Å². The van der Waals surface area contributed by atoms with E-state index in [-0.39, 0.29) is 35.7 Å². The molecule has 4 heterocycles. The maximum absolute atomic E-state index is 13.1. The number of rotatable bonds is 12. The third-order valence-electron chi connectivity index (χ3n) is 6.87. The fraction of sp³-hybridized carbons (Fsp3) is 0.571. The Balaban J connectivity index is 1.29. The molecule has 2 aliphatic rings. The van der Waals surface area contributed by atoms with Crippen molar-refractivity contribution in [2.75, 3.05) is 31.4 Å². The van der Waals surface area contributed by atoms with Gasteiger partial charge in [-0.05, 0) is 43.1 Å². The van der Waals surface area contributed by atoms with Gasteiger partial charge in [-0.25, -0.2) is 19.5 Å². The van der Waals surface area contributed by atoms with E-state index in [0.717, 1.165) is 20.0 Å². The van der Waals surface area contributed by atoms with Crippen LogP contribution in [0.25, 0.3) is 11.2 Å². The number of H-pyrrole nitrogens is 1. The lowest BCUT2D eigenvalue weighted by Gasteiger charge is -2.24. The second-order valence-electron chi connectivity index (χ2n) is 9.73. The molecule has 5 rings (SSSR count). The van der Waals surface area contributed by atoms with Crippen molar-refractivity contribution in [2.24, 2.45) is 5.92 Å². The lowest BCUT2D eigenvalue weighted by molar-refractivity contribution is -0.0495. The molecule has 7 N–H and O–H groups in total. The van der Waals surface area contributed by atoms with Crippen LogP contribution in [0.2, 0.25) is 0 Å². The molecule has 42 heavy (non-hydrogen) atoms. The highest BCUT2D eigenvalue weighted by Crippen LogP contribution is 2.51. The molecule has 0 amide bonds. The number of nitrogen functional groups attached to an aromatic ring is 1. The maximum atomic E-state index is 13.1. The molecule has 1 aliphatic heterocycles. The van der Waals surface area contributed by atoms with Gasteiger partial charge in [-0.1, -0.05) is 0 Å². The lowest BCUT2D eigenvalue weighted by atomic mass is 10.1. The summed E-state index contributed by atoms with van der Waals surface area (Å²) in [5.41, 5.74) is 4.93. The Labute approximate surface area is 243 Å². The maximum Gasteiger partial charge on any atom is 0.472 e. The van der Waals surface area contributed by atoms with Crippen LogP contribution in [0.5, 0.6) is 0 Å². The van der Waals surface area contributed by atoms with Gasteiger partial charge in [0.15, 0.2) is 17.4 Å². The molecule has 2 fully saturated rings. The number of hydrogen-bond acceptors (Lipinski definition) is 15. The molecule has 2 unspecified atom stereocenters. The molecule has 8 atom stereocenters. The van der Waals surface area contributed by atoms with Crippen LogP contribution in [-0.4, -0.2) is 89.1 Å². The fourth-order valence-electron chi connectivity index (χ4n) is 4.87. The lowest BCUT2D eigenvalue weighted by Crippen LogP contribution is -2.35. The van der Waals surface area contributed by atoms with Crippen molar-refractivity contribution in [3.05, 3.63) is 35.3 Å². The number of hydrogen-bond donors (Lipinski definition) is 6. The quantitative estimate of drug-likeness (QED) is 0.145. The number of anilines is 2. The van der Waals surface area contributed by atoms with Crippen LogP contribution in [0, 0.1) is 5.92 Å². The highest BCUT2D eigenvalue weighted by Gasteiger charge is 2.50. The molecule has 0 radical (unpaired) electrons. The molecular weight excluding hydrogens is 618 g/mol. The third kappa shape index (κ3) is 7.20. The highest BCUT2D eigenvalue weighted by molar-refractivity contribution is 8.07. The number of aliphatic hydroxyl groups excluding tert-OH is 1. The van der Waals surface area contributed by atoms with E-state index in [2.05, 4.69) is 30.2 Å². The minimum atomic E-state index is -4.78. The highest BCUT2D eigenvalue weighted by atomic mass is 32.5. The summed E-state index contributed by atoms with van der Waals surface area (Å²) in [6.45, 7) is -4.17. The van der Waals surface area contributed by atoms with E-state index in [1.807, 2.05) is 0 Å². The van der Waals surface area contributed by atoms with Gasteiger partial charge in [-0.15, -0.1) is 0 Å². The number of nitrogens with one attached hydrogen (secondary N) is 2. The zero-order chi connectivity index (χ0) is 30.1. The predicted molar refractivity (Wildman–Crippen MR) is 149 cm³/mol. The summed E-state index contributed by atoms with van der Waals surface area (Å²) in [4.78, 5) is 51.3. The number of aliphatic hydroxyl groups is 1. The van der Waals surface area contributed by atoms with Crippen molar-refractivity contribution < 1.29 is 42.3 Å². The minimum Gasteiger partial charge on any atom is -0.387 e. The molecule has 3 aromatic heterocycles. The average molecular weight is 649 g/mol. The SMILES string of the molecule is COP(O)(=S)OC[C@H]1O[C@@H](n2cnc3c(=O)[nH]c(N)nc32)[C@H](OP(=O)(O)OC[C@@H]2CC[C@H](Nc3ccncn3)C2)[C@@H]1O. The van der Waals surface area contributed by atoms with Gasteiger partial charge in [0.1, 0.15) is 30.5 Å². The van der Waals surface area contributed by atoms with E-state index in [1.165, 1.54) is 17.2 Å². The Kier molecular flexibility index (Phi) is 9.36. The van der Waals surface area contributed by atoms with Crippen molar-refractivity contribution >= 4 is 49.3 Å². The molecular formula is C21H30N8O10P2S. The number of nitrogens with zero attached hydrogens (tertiary/aromatic N) is 5. The zero-order valence-corrected chi connectivity index (χ0v) is 24.7. The van der Waals surface area contributed by atoms with Crippen molar-refractivity contribution in [1.29, 1.82) is 0 Å². The molecule has 0 spiro atoms. The number of aromatic nitrogens is 6. The molecule has 21 heteroatoms. The van der Waals surface area contributed by atoms with Crippen LogP contribution in [0.4, 0.5) is 11.8 Å². The largest absolute Gasteiger partial charge is 0.472 e. The smallest absolute Gasteiger partial charge is 0.387 e. The first-order valence-electron chi connectivity index (χ1n) is 12.7. The topological polar surface area (TPSA) is 251 Å². The molecule has 1 saturated carbocycles. The second kappa shape index (κ2) is 12.7. The van der Waals surface area contributed by atoms with E-state index in [4.69, 9.17) is 40.4 Å². The Morgan fingerprint density at radius 1 is 1.29 bits per heavy atom. The molecule has 18 nitrogen and oxygen atoms in total. The van der Waals surface area contributed by atoms with E-state index in [0.29, 0.717) is 12.2 Å². The van der Waals surface area contributed by atoms with Crippen molar-refractivity contribution in [2.45, 2.75) is 49.8 Å². The number of phosphoric ester groups is 1. The number of nitrogens with two attached hydrogens (primary N) is 1. The number of aromatic amines is 1. The van der Waals surface area contributed by atoms with E-state index < -0.39 is 51.2 Å². The Bertz CT molecular complexity index is 1550. The van der Waals surface area contributed by atoms with Crippen LogP contribution < -0.4 is 16.6 Å². The van der Waals surface area contributed by atoms with Gasteiger partial charge in [0.2, 0.25) is 5.95 Å². The van der Waals surface area contributed by atoms with Gasteiger partial charge in [0.25, 0.3) is 5.56 Å². The van der Waals surface area contributed by atoms with Gasteiger partial charge < -0.3 is 39.7 Å². The third-order valence-corrected chi connectivity index (χ3v) is 9.56. The number of imidazole rings is 1.